The Kier molecular flexibility index (Phi) is 4.04. The van der Waals surface area contributed by atoms with Gasteiger partial charge in [0, 0.05) is 12.5 Å². The van der Waals surface area contributed by atoms with Gasteiger partial charge in [0.25, 0.3) is 0 Å². The molecule has 0 amide bonds. The molecule has 1 aromatic rings. The Hall–Kier alpha value is -0.940. The van der Waals surface area contributed by atoms with E-state index in [0.29, 0.717) is 17.2 Å². The number of aliphatic hydroxyl groups is 1. The summed E-state index contributed by atoms with van der Waals surface area (Å²) in [4.78, 5) is 4.09. The quantitative estimate of drug-likeness (QED) is 0.864. The van der Waals surface area contributed by atoms with Crippen LogP contribution >= 0.6 is 0 Å². The lowest BCUT2D eigenvalue weighted by Crippen LogP contribution is -2.07. The number of aromatic nitrogens is 1. The van der Waals surface area contributed by atoms with E-state index in [9.17, 15) is 8.42 Å². The van der Waals surface area contributed by atoms with E-state index in [-0.39, 0.29) is 12.4 Å². The van der Waals surface area contributed by atoms with E-state index >= 15 is 0 Å². The van der Waals surface area contributed by atoms with Crippen molar-refractivity contribution in [1.29, 1.82) is 0 Å². The average molecular weight is 243 g/mol. The minimum atomic E-state index is -3.10. The van der Waals surface area contributed by atoms with Crippen LogP contribution in [0.4, 0.5) is 0 Å². The highest BCUT2D eigenvalue weighted by atomic mass is 32.2. The summed E-state index contributed by atoms with van der Waals surface area (Å²) in [5.74, 6) is 0.217. The first-order valence-corrected chi connectivity index (χ1v) is 7.16. The van der Waals surface area contributed by atoms with Gasteiger partial charge in [0.15, 0.2) is 9.84 Å². The molecule has 0 bridgehead atoms. The van der Waals surface area contributed by atoms with Crippen LogP contribution in [0, 0.1) is 0 Å². The number of hydrogen-bond donors (Lipinski definition) is 1. The van der Waals surface area contributed by atoms with Crippen LogP contribution < -0.4 is 0 Å². The van der Waals surface area contributed by atoms with E-state index < -0.39 is 9.84 Å². The zero-order chi connectivity index (χ0) is 12.3. The normalized spacial score (nSPS) is 12.1. The Morgan fingerprint density at radius 3 is 2.50 bits per heavy atom. The van der Waals surface area contributed by atoms with Crippen molar-refractivity contribution in [2.75, 3.05) is 6.26 Å². The third-order valence-corrected chi connectivity index (χ3v) is 3.15. The van der Waals surface area contributed by atoms with Crippen LogP contribution in [0.3, 0.4) is 0 Å². The van der Waals surface area contributed by atoms with Gasteiger partial charge in [0.05, 0.1) is 18.1 Å². The fourth-order valence-corrected chi connectivity index (χ4v) is 2.24. The van der Waals surface area contributed by atoms with Crippen LogP contribution in [0.15, 0.2) is 12.3 Å². The molecule has 4 nitrogen and oxygen atoms in total. The van der Waals surface area contributed by atoms with E-state index in [1.54, 1.807) is 6.20 Å². The van der Waals surface area contributed by atoms with Crippen molar-refractivity contribution >= 4 is 9.84 Å². The molecule has 0 spiro atoms. The summed E-state index contributed by atoms with van der Waals surface area (Å²) in [6, 6.07) is 1.81. The molecule has 5 heteroatoms. The van der Waals surface area contributed by atoms with Gasteiger partial charge in [-0.25, -0.2) is 8.42 Å². The Morgan fingerprint density at radius 2 is 2.06 bits per heavy atom. The minimum absolute atomic E-state index is 0.0730. The molecule has 0 atom stereocenters. The fourth-order valence-electron chi connectivity index (χ4n) is 1.42. The van der Waals surface area contributed by atoms with E-state index in [1.165, 1.54) is 6.26 Å². The first kappa shape index (κ1) is 13.1. The molecule has 16 heavy (non-hydrogen) atoms. The minimum Gasteiger partial charge on any atom is -0.390 e. The van der Waals surface area contributed by atoms with Gasteiger partial charge in [-0.05, 0) is 17.0 Å². The highest BCUT2D eigenvalue weighted by Gasteiger charge is 2.12. The van der Waals surface area contributed by atoms with Crippen molar-refractivity contribution in [3.8, 4) is 0 Å². The lowest BCUT2D eigenvalue weighted by molar-refractivity contribution is 0.275. The molecule has 0 aliphatic heterocycles. The maximum Gasteiger partial charge on any atom is 0.151 e. The number of pyridine rings is 1. The summed E-state index contributed by atoms with van der Waals surface area (Å²) >= 11 is 0. The smallest absolute Gasteiger partial charge is 0.151 e. The van der Waals surface area contributed by atoms with Gasteiger partial charge in [0.2, 0.25) is 0 Å². The van der Waals surface area contributed by atoms with E-state index in [4.69, 9.17) is 5.11 Å². The molecule has 0 aliphatic carbocycles. The van der Waals surface area contributed by atoms with Crippen molar-refractivity contribution in [2.45, 2.75) is 32.1 Å². The molecule has 90 valence electrons. The van der Waals surface area contributed by atoms with Gasteiger partial charge >= 0.3 is 0 Å². The molecule has 0 saturated carbocycles. The summed E-state index contributed by atoms with van der Waals surface area (Å²) in [6.45, 7) is 3.79. The summed E-state index contributed by atoms with van der Waals surface area (Å²) in [5.41, 5.74) is 2.02. The molecular formula is C11H17NO3S. The van der Waals surface area contributed by atoms with E-state index in [2.05, 4.69) is 4.98 Å². The van der Waals surface area contributed by atoms with Crippen LogP contribution in [-0.4, -0.2) is 24.8 Å². The number of hydrogen-bond acceptors (Lipinski definition) is 4. The van der Waals surface area contributed by atoms with Gasteiger partial charge in [-0.3, -0.25) is 4.98 Å². The molecule has 1 heterocycles. The predicted molar refractivity (Wildman–Crippen MR) is 62.8 cm³/mol. The SMILES string of the molecule is CC(C)c1cnc(CO)c(CS(C)(=O)=O)c1. The van der Waals surface area contributed by atoms with Crippen molar-refractivity contribution in [3.63, 3.8) is 0 Å². The molecule has 1 N–H and O–H groups in total. The summed E-state index contributed by atoms with van der Waals surface area (Å²) in [5, 5.41) is 9.09. The number of rotatable bonds is 4. The van der Waals surface area contributed by atoms with Crippen molar-refractivity contribution < 1.29 is 13.5 Å². The molecule has 0 radical (unpaired) electrons. The molecule has 0 aromatic carbocycles. The standard InChI is InChI=1S/C11H17NO3S/c1-8(2)9-4-10(7-16(3,14)15)11(6-13)12-5-9/h4-5,8,13H,6-7H2,1-3H3. The molecule has 1 rings (SSSR count). The first-order chi connectivity index (χ1) is 7.33. The molecule has 0 unspecified atom stereocenters. The first-order valence-electron chi connectivity index (χ1n) is 5.09. The van der Waals surface area contributed by atoms with Crippen molar-refractivity contribution in [2.24, 2.45) is 0 Å². The average Bonchev–Trinajstić information content (AvgIpc) is 2.15. The van der Waals surface area contributed by atoms with Gasteiger partial charge in [-0.1, -0.05) is 19.9 Å². The topological polar surface area (TPSA) is 67.3 Å². The number of nitrogens with zero attached hydrogens (tertiary/aromatic N) is 1. The Morgan fingerprint density at radius 1 is 1.44 bits per heavy atom. The predicted octanol–water partition coefficient (Wildman–Crippen LogP) is 1.24. The Labute approximate surface area is 96.3 Å². The lowest BCUT2D eigenvalue weighted by atomic mass is 10.0. The summed E-state index contributed by atoms with van der Waals surface area (Å²) in [7, 11) is -3.10. The number of aliphatic hydroxyl groups excluding tert-OH is 1. The lowest BCUT2D eigenvalue weighted by Gasteiger charge is -2.10. The van der Waals surface area contributed by atoms with Gasteiger partial charge < -0.3 is 5.11 Å². The summed E-state index contributed by atoms with van der Waals surface area (Å²) < 4.78 is 22.5. The molecule has 0 fully saturated rings. The van der Waals surface area contributed by atoms with Crippen LogP contribution in [0.1, 0.15) is 36.6 Å². The van der Waals surface area contributed by atoms with Gasteiger partial charge in [0.1, 0.15) is 0 Å². The van der Waals surface area contributed by atoms with Crippen molar-refractivity contribution in [3.05, 3.63) is 29.1 Å². The van der Waals surface area contributed by atoms with Gasteiger partial charge in [-0.15, -0.1) is 0 Å². The number of sulfone groups is 1. The van der Waals surface area contributed by atoms with E-state index in [0.717, 1.165) is 5.56 Å². The molecule has 0 aliphatic rings. The zero-order valence-electron chi connectivity index (χ0n) is 9.77. The monoisotopic (exact) mass is 243 g/mol. The van der Waals surface area contributed by atoms with Crippen LogP contribution in [0.5, 0.6) is 0 Å². The van der Waals surface area contributed by atoms with Crippen LogP contribution in [0.2, 0.25) is 0 Å². The largest absolute Gasteiger partial charge is 0.390 e. The third-order valence-electron chi connectivity index (χ3n) is 2.32. The molecular weight excluding hydrogens is 226 g/mol. The third kappa shape index (κ3) is 3.57. The highest BCUT2D eigenvalue weighted by Crippen LogP contribution is 2.18. The van der Waals surface area contributed by atoms with Crippen LogP contribution in [0.25, 0.3) is 0 Å². The second-order valence-electron chi connectivity index (χ2n) is 4.26. The highest BCUT2D eigenvalue weighted by molar-refractivity contribution is 7.89. The fraction of sp³-hybridized carbons (Fsp3) is 0.545. The second-order valence-corrected chi connectivity index (χ2v) is 6.40. The molecule has 1 aromatic heterocycles. The second kappa shape index (κ2) is 4.93. The molecule has 0 saturated heterocycles. The Balaban J connectivity index is 3.17. The van der Waals surface area contributed by atoms with Crippen molar-refractivity contribution in [1.82, 2.24) is 4.98 Å². The maximum absolute atomic E-state index is 11.2. The van der Waals surface area contributed by atoms with E-state index in [1.807, 2.05) is 19.9 Å². The van der Waals surface area contributed by atoms with Crippen LogP contribution in [-0.2, 0) is 22.2 Å². The van der Waals surface area contributed by atoms with Gasteiger partial charge in [-0.2, -0.15) is 0 Å². The Bertz CT molecular complexity index is 466. The zero-order valence-corrected chi connectivity index (χ0v) is 10.6. The summed E-state index contributed by atoms with van der Waals surface area (Å²) in [6.07, 6.45) is 2.86. The maximum atomic E-state index is 11.2.